The molecule has 1 amide bonds. The summed E-state index contributed by atoms with van der Waals surface area (Å²) < 4.78 is 10.3. The summed E-state index contributed by atoms with van der Waals surface area (Å²) in [5.74, 6) is -0.911. The highest BCUT2D eigenvalue weighted by Crippen LogP contribution is 2.23. The van der Waals surface area contributed by atoms with Crippen molar-refractivity contribution < 1.29 is 23.9 Å². The van der Waals surface area contributed by atoms with E-state index in [1.165, 1.54) is 30.2 Å². The molecule has 0 saturated carbocycles. The van der Waals surface area contributed by atoms with Crippen molar-refractivity contribution in [1.29, 1.82) is 0 Å². The van der Waals surface area contributed by atoms with Gasteiger partial charge in [0.05, 0.1) is 31.6 Å². The molecule has 0 saturated heterocycles. The third-order valence-corrected chi connectivity index (χ3v) is 5.54. The normalized spacial score (nSPS) is 13.0. The van der Waals surface area contributed by atoms with Gasteiger partial charge in [-0.15, -0.1) is 11.3 Å². The summed E-state index contributed by atoms with van der Waals surface area (Å²) >= 11 is 2.63. The lowest BCUT2D eigenvalue weighted by molar-refractivity contribution is -0.146. The number of aromatic nitrogens is 1. The predicted molar refractivity (Wildman–Crippen MR) is 96.6 cm³/mol. The summed E-state index contributed by atoms with van der Waals surface area (Å²) in [5, 5.41) is 4.48. The molecule has 1 rings (SSSR count). The van der Waals surface area contributed by atoms with E-state index in [0.29, 0.717) is 16.6 Å². The molecule has 2 atom stereocenters. The quantitative estimate of drug-likeness (QED) is 0.484. The molecule has 1 aromatic heterocycles. The molecule has 0 radical (unpaired) electrons. The number of thioether (sulfide) groups is 1. The first-order valence-corrected chi connectivity index (χ1v) is 9.87. The predicted octanol–water partition coefficient (Wildman–Crippen LogP) is 2.04. The van der Waals surface area contributed by atoms with E-state index in [0.717, 1.165) is 6.42 Å². The second-order valence-corrected chi connectivity index (χ2v) is 7.41. The first-order chi connectivity index (χ1) is 11.9. The van der Waals surface area contributed by atoms with Crippen LogP contribution in [0.5, 0.6) is 0 Å². The molecule has 7 nitrogen and oxygen atoms in total. The van der Waals surface area contributed by atoms with E-state index in [9.17, 15) is 14.4 Å². The molecular weight excluding hydrogens is 364 g/mol. The van der Waals surface area contributed by atoms with Crippen LogP contribution >= 0.6 is 23.1 Å². The van der Waals surface area contributed by atoms with Gasteiger partial charge in [-0.25, -0.2) is 9.78 Å². The van der Waals surface area contributed by atoms with E-state index in [-0.39, 0.29) is 30.0 Å². The van der Waals surface area contributed by atoms with Crippen LogP contribution in [0.3, 0.4) is 0 Å². The maximum Gasteiger partial charge on any atom is 0.328 e. The van der Waals surface area contributed by atoms with Crippen molar-refractivity contribution in [3.05, 3.63) is 11.1 Å². The number of hydrogen-bond donors (Lipinski definition) is 1. The van der Waals surface area contributed by atoms with Crippen molar-refractivity contribution in [2.75, 3.05) is 19.5 Å². The van der Waals surface area contributed by atoms with E-state index >= 15 is 0 Å². The van der Waals surface area contributed by atoms with Gasteiger partial charge in [-0.3, -0.25) is 9.59 Å². The smallest absolute Gasteiger partial charge is 0.328 e. The fourth-order valence-electron chi connectivity index (χ4n) is 1.93. The van der Waals surface area contributed by atoms with Crippen molar-refractivity contribution in [1.82, 2.24) is 10.3 Å². The van der Waals surface area contributed by atoms with Crippen molar-refractivity contribution in [3.8, 4) is 0 Å². The Morgan fingerprint density at radius 2 is 2.08 bits per heavy atom. The van der Waals surface area contributed by atoms with Crippen LogP contribution in [0.25, 0.3) is 0 Å². The van der Waals surface area contributed by atoms with Crippen LogP contribution in [0, 0.1) is 5.92 Å². The zero-order valence-corrected chi connectivity index (χ0v) is 16.5. The average Bonchev–Trinajstić information content (AvgIpc) is 3.04. The van der Waals surface area contributed by atoms with Crippen molar-refractivity contribution >= 4 is 40.9 Å². The van der Waals surface area contributed by atoms with Gasteiger partial charge in [0.2, 0.25) is 5.91 Å². The van der Waals surface area contributed by atoms with E-state index in [1.54, 1.807) is 12.3 Å². The summed E-state index contributed by atoms with van der Waals surface area (Å²) in [4.78, 5) is 39.6. The molecular formula is C16H24N2O5S2. The Bertz CT molecular complexity index is 591. The second-order valence-electron chi connectivity index (χ2n) is 5.33. The van der Waals surface area contributed by atoms with Gasteiger partial charge < -0.3 is 14.8 Å². The Morgan fingerprint density at radius 3 is 2.68 bits per heavy atom. The van der Waals surface area contributed by atoms with E-state index in [4.69, 9.17) is 9.47 Å². The van der Waals surface area contributed by atoms with E-state index < -0.39 is 12.0 Å². The average molecular weight is 389 g/mol. The lowest BCUT2D eigenvalue weighted by Gasteiger charge is -2.21. The number of methoxy groups -OCH3 is 1. The molecule has 0 aromatic carbocycles. The van der Waals surface area contributed by atoms with Gasteiger partial charge >= 0.3 is 11.9 Å². The van der Waals surface area contributed by atoms with Crippen LogP contribution in [0.1, 0.15) is 32.9 Å². The van der Waals surface area contributed by atoms with Crippen LogP contribution in [0.15, 0.2) is 9.72 Å². The molecule has 0 aliphatic rings. The standard InChI is InChI=1S/C16H24N2O5S2/c1-5-10(3)14(15(21)22-4)18-12(19)9-25-16-17-11(8-24-16)7-13(20)23-6-2/h8,10,14H,5-7,9H2,1-4H3,(H,18,19)/t10-,14+/m0/s1. The summed E-state index contributed by atoms with van der Waals surface area (Å²) in [6, 6.07) is -0.654. The number of carbonyl (C=O) groups excluding carboxylic acids is 3. The number of carbonyl (C=O) groups is 3. The van der Waals surface area contributed by atoms with Gasteiger partial charge in [-0.1, -0.05) is 32.0 Å². The fourth-order valence-corrected chi connectivity index (χ4v) is 3.59. The molecule has 25 heavy (non-hydrogen) atoms. The van der Waals surface area contributed by atoms with Crippen molar-refractivity contribution in [3.63, 3.8) is 0 Å². The molecule has 9 heteroatoms. The Morgan fingerprint density at radius 1 is 1.36 bits per heavy atom. The molecule has 1 heterocycles. The van der Waals surface area contributed by atoms with Gasteiger partial charge in [0.25, 0.3) is 0 Å². The van der Waals surface area contributed by atoms with Crippen LogP contribution in [-0.2, 0) is 30.3 Å². The third kappa shape index (κ3) is 7.43. The largest absolute Gasteiger partial charge is 0.467 e. The number of ether oxygens (including phenoxy) is 2. The SMILES string of the molecule is CCOC(=O)Cc1csc(SCC(=O)N[C@@H](C(=O)OC)[C@@H](C)CC)n1. The monoisotopic (exact) mass is 388 g/mol. The van der Waals surface area contributed by atoms with Crippen molar-refractivity contribution in [2.24, 2.45) is 5.92 Å². The lowest BCUT2D eigenvalue weighted by atomic mass is 9.99. The zero-order chi connectivity index (χ0) is 18.8. The van der Waals surface area contributed by atoms with Crippen LogP contribution in [0.4, 0.5) is 0 Å². The first-order valence-electron chi connectivity index (χ1n) is 8.01. The van der Waals surface area contributed by atoms with Crippen LogP contribution in [-0.4, -0.2) is 48.3 Å². The number of thiazole rings is 1. The van der Waals surface area contributed by atoms with Gasteiger partial charge in [0.15, 0.2) is 4.34 Å². The van der Waals surface area contributed by atoms with Gasteiger partial charge in [-0.05, 0) is 12.8 Å². The lowest BCUT2D eigenvalue weighted by Crippen LogP contribution is -2.46. The number of amides is 1. The Balaban J connectivity index is 2.51. The van der Waals surface area contributed by atoms with Gasteiger partial charge in [0.1, 0.15) is 6.04 Å². The Kier molecular flexibility index (Phi) is 9.51. The highest BCUT2D eigenvalue weighted by molar-refractivity contribution is 8.01. The summed E-state index contributed by atoms with van der Waals surface area (Å²) in [7, 11) is 1.30. The molecule has 0 fully saturated rings. The minimum absolute atomic E-state index is 0.0163. The molecule has 0 aliphatic carbocycles. The summed E-state index contributed by atoms with van der Waals surface area (Å²) in [6.45, 7) is 5.92. The molecule has 0 aliphatic heterocycles. The number of nitrogens with zero attached hydrogens (tertiary/aromatic N) is 1. The second kappa shape index (κ2) is 11.1. The molecule has 0 spiro atoms. The highest BCUT2D eigenvalue weighted by atomic mass is 32.2. The molecule has 0 bridgehead atoms. The van der Waals surface area contributed by atoms with Gasteiger partial charge in [0, 0.05) is 5.38 Å². The van der Waals surface area contributed by atoms with Crippen molar-refractivity contribution in [2.45, 2.75) is 44.0 Å². The highest BCUT2D eigenvalue weighted by Gasteiger charge is 2.26. The Labute approximate surface area is 155 Å². The summed E-state index contributed by atoms with van der Waals surface area (Å²) in [5.41, 5.74) is 0.624. The Hall–Kier alpha value is -1.61. The zero-order valence-electron chi connectivity index (χ0n) is 14.9. The van der Waals surface area contributed by atoms with Crippen LogP contribution < -0.4 is 5.32 Å². The molecule has 140 valence electrons. The number of esters is 2. The maximum absolute atomic E-state index is 12.1. The molecule has 1 aromatic rings. The summed E-state index contributed by atoms with van der Waals surface area (Å²) in [6.07, 6.45) is 0.867. The number of nitrogens with one attached hydrogen (secondary N) is 1. The fraction of sp³-hybridized carbons (Fsp3) is 0.625. The molecule has 1 N–H and O–H groups in total. The van der Waals surface area contributed by atoms with E-state index in [1.807, 2.05) is 13.8 Å². The molecule has 0 unspecified atom stereocenters. The number of rotatable bonds is 10. The number of hydrogen-bond acceptors (Lipinski definition) is 8. The van der Waals surface area contributed by atoms with Gasteiger partial charge in [-0.2, -0.15) is 0 Å². The maximum atomic E-state index is 12.1. The van der Waals surface area contributed by atoms with E-state index in [2.05, 4.69) is 10.3 Å². The minimum atomic E-state index is -0.654. The topological polar surface area (TPSA) is 94.6 Å². The van der Waals surface area contributed by atoms with Crippen LogP contribution in [0.2, 0.25) is 0 Å². The minimum Gasteiger partial charge on any atom is -0.467 e. The third-order valence-electron chi connectivity index (χ3n) is 3.47. The first kappa shape index (κ1) is 21.4.